The Labute approximate surface area is 259 Å². The highest BCUT2D eigenvalue weighted by Gasteiger charge is 2.34. The SMILES string of the molecule is CCCCCCCCCC[C@H](O)[C@H]1CC[C@@H]([C@@H](O)CCCCCCCCCCCCCCCCC2=C[C@H](C)OC2=O)O1. The van der Waals surface area contributed by atoms with E-state index in [9.17, 15) is 15.0 Å². The standard InChI is InChI=1S/C37H68O5/c1-3-4-5-6-7-17-20-23-26-33(38)35-28-29-36(42-35)34(39)27-24-21-18-15-13-11-9-8-10-12-14-16-19-22-25-32-30-31(2)41-37(32)40/h30-31,33-36,38-39H,3-29H2,1-2H3/t31-,33-,34-,35+,36-/m0/s1. The van der Waals surface area contributed by atoms with Gasteiger partial charge in [-0.1, -0.05) is 142 Å². The van der Waals surface area contributed by atoms with Gasteiger partial charge >= 0.3 is 5.97 Å². The molecule has 0 aromatic heterocycles. The van der Waals surface area contributed by atoms with E-state index in [4.69, 9.17) is 9.47 Å². The Morgan fingerprint density at radius 1 is 0.643 bits per heavy atom. The van der Waals surface area contributed by atoms with E-state index in [1.807, 2.05) is 13.0 Å². The predicted octanol–water partition coefficient (Wildman–Crippen LogP) is 9.90. The summed E-state index contributed by atoms with van der Waals surface area (Å²) in [7, 11) is 0. The Balaban J connectivity index is 1.30. The predicted molar refractivity (Wildman–Crippen MR) is 175 cm³/mol. The number of ether oxygens (including phenoxy) is 2. The first-order chi connectivity index (χ1) is 20.5. The molecule has 2 rings (SSSR count). The van der Waals surface area contributed by atoms with Crippen LogP contribution in [0.3, 0.4) is 0 Å². The fourth-order valence-corrected chi connectivity index (χ4v) is 6.72. The second-order valence-electron chi connectivity index (χ2n) is 13.5. The highest BCUT2D eigenvalue weighted by molar-refractivity contribution is 5.90. The summed E-state index contributed by atoms with van der Waals surface area (Å²) in [5.41, 5.74) is 0.882. The monoisotopic (exact) mass is 593 g/mol. The van der Waals surface area contributed by atoms with Crippen molar-refractivity contribution >= 4 is 5.97 Å². The second-order valence-corrected chi connectivity index (χ2v) is 13.5. The van der Waals surface area contributed by atoms with E-state index in [2.05, 4.69) is 6.92 Å². The second kappa shape index (κ2) is 24.4. The van der Waals surface area contributed by atoms with Crippen molar-refractivity contribution in [2.45, 2.75) is 218 Å². The topological polar surface area (TPSA) is 76.0 Å². The van der Waals surface area contributed by atoms with Crippen LogP contribution in [-0.2, 0) is 14.3 Å². The van der Waals surface area contributed by atoms with Gasteiger partial charge in [-0.2, -0.15) is 0 Å². The summed E-state index contributed by atoms with van der Waals surface area (Å²) in [5.74, 6) is -0.106. The minimum atomic E-state index is -0.377. The van der Waals surface area contributed by atoms with Crippen LogP contribution in [0.1, 0.15) is 187 Å². The summed E-state index contributed by atoms with van der Waals surface area (Å²) in [5, 5.41) is 21.2. The van der Waals surface area contributed by atoms with Crippen LogP contribution in [0, 0.1) is 0 Å². The Hall–Kier alpha value is -0.910. The van der Waals surface area contributed by atoms with Gasteiger partial charge in [-0.3, -0.25) is 0 Å². The number of aliphatic hydroxyl groups is 2. The van der Waals surface area contributed by atoms with Crippen LogP contribution in [0.25, 0.3) is 0 Å². The van der Waals surface area contributed by atoms with Gasteiger partial charge in [0.15, 0.2) is 0 Å². The largest absolute Gasteiger partial charge is 0.455 e. The highest BCUT2D eigenvalue weighted by atomic mass is 16.5. The fraction of sp³-hybridized carbons (Fsp3) is 0.919. The quantitative estimate of drug-likeness (QED) is 0.0698. The summed E-state index contributed by atoms with van der Waals surface area (Å²) < 4.78 is 11.2. The summed E-state index contributed by atoms with van der Waals surface area (Å²) in [4.78, 5) is 11.6. The van der Waals surface area contributed by atoms with Gasteiger partial charge in [-0.25, -0.2) is 4.79 Å². The lowest BCUT2D eigenvalue weighted by molar-refractivity contribution is -0.139. The molecular formula is C37H68O5. The van der Waals surface area contributed by atoms with E-state index in [1.165, 1.54) is 122 Å². The van der Waals surface area contributed by atoms with E-state index in [-0.39, 0.29) is 36.5 Å². The Bertz CT molecular complexity index is 692. The van der Waals surface area contributed by atoms with E-state index in [1.54, 1.807) is 0 Å². The number of rotatable bonds is 28. The molecule has 5 nitrogen and oxygen atoms in total. The maximum atomic E-state index is 11.6. The molecule has 0 saturated carbocycles. The van der Waals surface area contributed by atoms with Gasteiger partial charge in [-0.15, -0.1) is 0 Å². The molecule has 5 atom stereocenters. The summed E-state index contributed by atoms with van der Waals surface area (Å²) in [6.45, 7) is 4.18. The highest BCUT2D eigenvalue weighted by Crippen LogP contribution is 2.28. The normalized spacial score (nSPS) is 22.0. The first-order valence-corrected chi connectivity index (χ1v) is 18.4. The van der Waals surface area contributed by atoms with Crippen LogP contribution >= 0.6 is 0 Å². The third kappa shape index (κ3) is 17.4. The molecule has 0 bridgehead atoms. The lowest BCUT2D eigenvalue weighted by atomic mass is 10.00. The average Bonchev–Trinajstić information content (AvgIpc) is 3.60. The molecule has 0 unspecified atom stereocenters. The zero-order valence-corrected chi connectivity index (χ0v) is 27.7. The molecule has 0 aromatic rings. The third-order valence-electron chi connectivity index (χ3n) is 9.48. The van der Waals surface area contributed by atoms with Crippen LogP contribution in [0.15, 0.2) is 11.6 Å². The molecule has 1 saturated heterocycles. The molecule has 246 valence electrons. The van der Waals surface area contributed by atoms with Crippen molar-refractivity contribution < 1.29 is 24.5 Å². The minimum absolute atomic E-state index is 0.0343. The van der Waals surface area contributed by atoms with E-state index in [0.717, 1.165) is 56.9 Å². The van der Waals surface area contributed by atoms with Crippen molar-refractivity contribution in [3.63, 3.8) is 0 Å². The van der Waals surface area contributed by atoms with E-state index >= 15 is 0 Å². The number of cyclic esters (lactones) is 1. The maximum Gasteiger partial charge on any atom is 0.334 e. The van der Waals surface area contributed by atoms with Crippen LogP contribution in [0.5, 0.6) is 0 Å². The van der Waals surface area contributed by atoms with Crippen LogP contribution in [0.4, 0.5) is 0 Å². The first-order valence-electron chi connectivity index (χ1n) is 18.4. The third-order valence-corrected chi connectivity index (χ3v) is 9.48. The molecule has 2 aliphatic heterocycles. The molecular weight excluding hydrogens is 524 g/mol. The first kappa shape index (κ1) is 37.3. The van der Waals surface area contributed by atoms with Gasteiger partial charge in [0.05, 0.1) is 24.4 Å². The molecule has 1 fully saturated rings. The van der Waals surface area contributed by atoms with Gasteiger partial charge in [0.1, 0.15) is 6.10 Å². The lowest BCUT2D eigenvalue weighted by Crippen LogP contribution is -2.31. The molecule has 2 N–H and O–H groups in total. The zero-order valence-electron chi connectivity index (χ0n) is 27.7. The summed E-state index contributed by atoms with van der Waals surface area (Å²) in [6, 6.07) is 0. The Morgan fingerprint density at radius 3 is 1.40 bits per heavy atom. The average molecular weight is 593 g/mol. The Morgan fingerprint density at radius 2 is 1.02 bits per heavy atom. The van der Waals surface area contributed by atoms with Crippen LogP contribution in [0.2, 0.25) is 0 Å². The molecule has 2 aliphatic rings. The minimum Gasteiger partial charge on any atom is -0.455 e. The lowest BCUT2D eigenvalue weighted by Gasteiger charge is -2.22. The zero-order chi connectivity index (χ0) is 30.3. The number of unbranched alkanes of at least 4 members (excludes halogenated alkanes) is 20. The van der Waals surface area contributed by atoms with Crippen molar-refractivity contribution in [2.24, 2.45) is 0 Å². The number of hydrogen-bond donors (Lipinski definition) is 2. The van der Waals surface area contributed by atoms with Crippen LogP contribution in [-0.4, -0.2) is 46.7 Å². The summed E-state index contributed by atoms with van der Waals surface area (Å²) in [6.07, 6.45) is 33.5. The van der Waals surface area contributed by atoms with Crippen molar-refractivity contribution in [1.82, 2.24) is 0 Å². The molecule has 0 amide bonds. The molecule has 42 heavy (non-hydrogen) atoms. The smallest absolute Gasteiger partial charge is 0.334 e. The van der Waals surface area contributed by atoms with Gasteiger partial charge in [-0.05, 0) is 51.5 Å². The van der Waals surface area contributed by atoms with Gasteiger partial charge in [0.2, 0.25) is 0 Å². The molecule has 0 spiro atoms. The molecule has 0 aliphatic carbocycles. The van der Waals surface area contributed by atoms with E-state index < -0.39 is 0 Å². The molecule has 0 radical (unpaired) electrons. The number of hydrogen-bond acceptors (Lipinski definition) is 5. The fourth-order valence-electron chi connectivity index (χ4n) is 6.72. The van der Waals surface area contributed by atoms with Gasteiger partial charge in [0, 0.05) is 5.57 Å². The number of carbonyl (C=O) groups is 1. The van der Waals surface area contributed by atoms with Gasteiger partial charge < -0.3 is 19.7 Å². The van der Waals surface area contributed by atoms with Crippen LogP contribution < -0.4 is 0 Å². The molecule has 2 heterocycles. The van der Waals surface area contributed by atoms with Crippen molar-refractivity contribution in [3.05, 3.63) is 11.6 Å². The Kier molecular flexibility index (Phi) is 21.7. The summed E-state index contributed by atoms with van der Waals surface area (Å²) >= 11 is 0. The molecule has 0 aromatic carbocycles. The molecule has 5 heteroatoms. The van der Waals surface area contributed by atoms with Crippen molar-refractivity contribution in [2.75, 3.05) is 0 Å². The number of carbonyl (C=O) groups excluding carboxylic acids is 1. The van der Waals surface area contributed by atoms with Crippen molar-refractivity contribution in [3.8, 4) is 0 Å². The maximum absolute atomic E-state index is 11.6. The number of aliphatic hydroxyl groups excluding tert-OH is 2. The number of esters is 1. The van der Waals surface area contributed by atoms with Crippen molar-refractivity contribution in [1.29, 1.82) is 0 Å². The van der Waals surface area contributed by atoms with Gasteiger partial charge in [0.25, 0.3) is 0 Å². The van der Waals surface area contributed by atoms with E-state index in [0.29, 0.717) is 0 Å².